The molecule has 1 unspecified atom stereocenters. The number of hydrogen-bond acceptors (Lipinski definition) is 3. The molecule has 1 aliphatic carbocycles. The highest BCUT2D eigenvalue weighted by Gasteiger charge is 2.19. The van der Waals surface area contributed by atoms with Gasteiger partial charge in [-0.1, -0.05) is 29.8 Å². The molecular weight excluding hydrogens is 240 g/mol. The Morgan fingerprint density at radius 2 is 2.11 bits per heavy atom. The molecule has 1 heterocycles. The first-order valence-corrected chi connectivity index (χ1v) is 7.39. The van der Waals surface area contributed by atoms with Gasteiger partial charge in [0.05, 0.1) is 6.04 Å². The highest BCUT2D eigenvalue weighted by atomic mass is 32.1. The van der Waals surface area contributed by atoms with Crippen LogP contribution < -0.4 is 11.3 Å². The van der Waals surface area contributed by atoms with Crippen LogP contribution in [0.1, 0.15) is 37.3 Å². The summed E-state index contributed by atoms with van der Waals surface area (Å²) in [4.78, 5) is 0. The largest absolute Gasteiger partial charge is 0.271 e. The number of hydrazine groups is 1. The van der Waals surface area contributed by atoms with Crippen molar-refractivity contribution < 1.29 is 0 Å². The predicted octanol–water partition coefficient (Wildman–Crippen LogP) is 3.91. The van der Waals surface area contributed by atoms with E-state index in [2.05, 4.69) is 41.1 Å². The van der Waals surface area contributed by atoms with Crippen LogP contribution in [0.2, 0.25) is 0 Å². The van der Waals surface area contributed by atoms with Crippen molar-refractivity contribution in [1.82, 2.24) is 5.43 Å². The van der Waals surface area contributed by atoms with Crippen molar-refractivity contribution in [1.29, 1.82) is 0 Å². The Morgan fingerprint density at radius 1 is 1.22 bits per heavy atom. The normalized spacial score (nSPS) is 17.7. The Balaban J connectivity index is 2.03. The van der Waals surface area contributed by atoms with Gasteiger partial charge in [0.1, 0.15) is 0 Å². The zero-order chi connectivity index (χ0) is 12.4. The molecule has 0 saturated heterocycles. The van der Waals surface area contributed by atoms with E-state index in [9.17, 15) is 0 Å². The van der Waals surface area contributed by atoms with Crippen LogP contribution in [0, 0.1) is 0 Å². The van der Waals surface area contributed by atoms with Gasteiger partial charge in [-0.25, -0.2) is 5.43 Å². The molecule has 0 radical (unpaired) electrons. The van der Waals surface area contributed by atoms with E-state index >= 15 is 0 Å². The molecule has 3 N–H and O–H groups in total. The molecule has 18 heavy (non-hydrogen) atoms. The fraction of sp³-hybridized carbons (Fsp3) is 0.333. The zero-order valence-corrected chi connectivity index (χ0v) is 11.2. The number of thiophene rings is 1. The lowest BCUT2D eigenvalue weighted by Crippen LogP contribution is -2.29. The lowest BCUT2D eigenvalue weighted by molar-refractivity contribution is 0.569. The van der Waals surface area contributed by atoms with Gasteiger partial charge in [0.15, 0.2) is 0 Å². The van der Waals surface area contributed by atoms with Crippen LogP contribution in [0.15, 0.2) is 41.3 Å². The molecule has 1 aromatic heterocycles. The first-order chi connectivity index (χ1) is 8.90. The molecule has 1 atom stereocenters. The highest BCUT2D eigenvalue weighted by Crippen LogP contribution is 2.36. The molecule has 0 amide bonds. The number of nitrogens with one attached hydrogen (secondary N) is 1. The van der Waals surface area contributed by atoms with Crippen LogP contribution in [0.4, 0.5) is 0 Å². The van der Waals surface area contributed by atoms with Crippen LogP contribution >= 0.6 is 11.3 Å². The molecule has 94 valence electrons. The topological polar surface area (TPSA) is 38.0 Å². The Kier molecular flexibility index (Phi) is 3.46. The quantitative estimate of drug-likeness (QED) is 0.498. The molecule has 2 nitrogen and oxygen atoms in total. The van der Waals surface area contributed by atoms with Crippen molar-refractivity contribution in [3.05, 3.63) is 46.9 Å². The maximum Gasteiger partial charge on any atom is 0.0684 e. The van der Waals surface area contributed by atoms with E-state index in [-0.39, 0.29) is 6.04 Å². The first-order valence-electron chi connectivity index (χ1n) is 6.51. The third-order valence-electron chi connectivity index (χ3n) is 3.69. The molecular formula is C15H18N2S. The lowest BCUT2D eigenvalue weighted by Gasteiger charge is -2.22. The summed E-state index contributed by atoms with van der Waals surface area (Å²) in [5, 5.41) is 3.57. The summed E-state index contributed by atoms with van der Waals surface area (Å²) in [7, 11) is 0. The first kappa shape index (κ1) is 11.9. The molecule has 0 bridgehead atoms. The van der Waals surface area contributed by atoms with Crippen molar-refractivity contribution in [3.8, 4) is 0 Å². The van der Waals surface area contributed by atoms with E-state index in [0.29, 0.717) is 0 Å². The smallest absolute Gasteiger partial charge is 0.0684 e. The van der Waals surface area contributed by atoms with Gasteiger partial charge in [0.2, 0.25) is 0 Å². The van der Waals surface area contributed by atoms with Gasteiger partial charge >= 0.3 is 0 Å². The van der Waals surface area contributed by atoms with Crippen LogP contribution in [0.5, 0.6) is 0 Å². The average molecular weight is 258 g/mol. The molecule has 2 aromatic rings. The number of hydrogen-bond donors (Lipinski definition) is 2. The summed E-state index contributed by atoms with van der Waals surface area (Å²) >= 11 is 1.80. The molecule has 0 spiro atoms. The molecule has 3 rings (SSSR count). The van der Waals surface area contributed by atoms with Gasteiger partial charge in [-0.3, -0.25) is 5.84 Å². The molecule has 1 aliphatic rings. The van der Waals surface area contributed by atoms with Crippen molar-refractivity contribution in [2.24, 2.45) is 5.84 Å². The molecule has 3 heteroatoms. The monoisotopic (exact) mass is 258 g/mol. The molecule has 0 aliphatic heterocycles. The molecule has 0 fully saturated rings. The van der Waals surface area contributed by atoms with E-state index in [1.54, 1.807) is 11.3 Å². The van der Waals surface area contributed by atoms with E-state index in [1.165, 1.54) is 46.9 Å². The van der Waals surface area contributed by atoms with Gasteiger partial charge in [-0.2, -0.15) is 0 Å². The van der Waals surface area contributed by atoms with E-state index in [1.807, 2.05) is 0 Å². The van der Waals surface area contributed by atoms with Gasteiger partial charge in [0.25, 0.3) is 0 Å². The minimum absolute atomic E-state index is 0.182. The summed E-state index contributed by atoms with van der Waals surface area (Å²) in [5.74, 6) is 5.80. The number of allylic oxidation sites excluding steroid dienone is 1. The van der Waals surface area contributed by atoms with Crippen molar-refractivity contribution in [3.63, 3.8) is 0 Å². The highest BCUT2D eigenvalue weighted by molar-refractivity contribution is 7.17. The van der Waals surface area contributed by atoms with Crippen LogP contribution in [-0.2, 0) is 0 Å². The fourth-order valence-corrected chi connectivity index (χ4v) is 3.73. The second-order valence-electron chi connectivity index (χ2n) is 4.81. The van der Waals surface area contributed by atoms with E-state index in [4.69, 9.17) is 5.84 Å². The Morgan fingerprint density at radius 3 is 2.89 bits per heavy atom. The Bertz CT molecular complexity index is 571. The van der Waals surface area contributed by atoms with E-state index < -0.39 is 0 Å². The summed E-state index contributed by atoms with van der Waals surface area (Å²) in [6, 6.07) is 8.73. The standard InChI is InChI=1S/C15H18N2S/c16-17-15(11-6-2-1-3-7-11)13-10-18-14-9-5-4-8-12(13)14/h4-6,8-10,15,17H,1-3,7,16H2. The second kappa shape index (κ2) is 5.22. The van der Waals surface area contributed by atoms with E-state index in [0.717, 1.165) is 0 Å². The SMILES string of the molecule is NNC(C1=CCCCC1)c1csc2ccccc12. The summed E-state index contributed by atoms with van der Waals surface area (Å²) in [6.45, 7) is 0. The third kappa shape index (κ3) is 2.09. The minimum atomic E-state index is 0.182. The summed E-state index contributed by atoms with van der Waals surface area (Å²) in [6.07, 6.45) is 7.31. The predicted molar refractivity (Wildman–Crippen MR) is 78.4 cm³/mol. The van der Waals surface area contributed by atoms with Crippen LogP contribution in [0.3, 0.4) is 0 Å². The van der Waals surface area contributed by atoms with Crippen molar-refractivity contribution >= 4 is 21.4 Å². The lowest BCUT2D eigenvalue weighted by atomic mass is 9.90. The summed E-state index contributed by atoms with van der Waals surface area (Å²) < 4.78 is 1.34. The fourth-order valence-electron chi connectivity index (χ4n) is 2.74. The van der Waals surface area contributed by atoms with Crippen LogP contribution in [0.25, 0.3) is 10.1 Å². The zero-order valence-electron chi connectivity index (χ0n) is 10.4. The number of fused-ring (bicyclic) bond motifs is 1. The average Bonchev–Trinajstić information content (AvgIpc) is 2.85. The Hall–Kier alpha value is -1.16. The van der Waals surface area contributed by atoms with Crippen molar-refractivity contribution in [2.45, 2.75) is 31.7 Å². The van der Waals surface area contributed by atoms with Crippen LogP contribution in [-0.4, -0.2) is 0 Å². The second-order valence-corrected chi connectivity index (χ2v) is 5.72. The van der Waals surface area contributed by atoms with Gasteiger partial charge in [-0.05, 0) is 48.1 Å². The molecule has 1 aromatic carbocycles. The number of rotatable bonds is 3. The van der Waals surface area contributed by atoms with Gasteiger partial charge < -0.3 is 0 Å². The third-order valence-corrected chi connectivity index (χ3v) is 4.67. The number of nitrogens with two attached hydrogens (primary N) is 1. The maximum atomic E-state index is 5.80. The Labute approximate surface area is 111 Å². The van der Waals surface area contributed by atoms with Gasteiger partial charge in [0, 0.05) is 4.70 Å². The number of benzene rings is 1. The minimum Gasteiger partial charge on any atom is -0.271 e. The van der Waals surface area contributed by atoms with Crippen molar-refractivity contribution in [2.75, 3.05) is 0 Å². The summed E-state index contributed by atoms with van der Waals surface area (Å²) in [5.41, 5.74) is 5.78. The molecule has 0 saturated carbocycles. The maximum absolute atomic E-state index is 5.80. The van der Waals surface area contributed by atoms with Gasteiger partial charge in [-0.15, -0.1) is 11.3 Å².